The van der Waals surface area contributed by atoms with Crippen LogP contribution in [-0.2, 0) is 0 Å². The molecule has 0 aromatic heterocycles. The number of hydrogen-bond acceptors (Lipinski definition) is 2. The van der Waals surface area contributed by atoms with Gasteiger partial charge in [0.25, 0.3) is 11.7 Å². The predicted octanol–water partition coefficient (Wildman–Crippen LogP) is 5.16. The lowest BCUT2D eigenvalue weighted by Crippen LogP contribution is -2.13. The van der Waals surface area contributed by atoms with E-state index in [4.69, 9.17) is 0 Å². The molecule has 1 N–H and O–H groups in total. The van der Waals surface area contributed by atoms with Gasteiger partial charge in [-0.1, -0.05) is 23.9 Å². The van der Waals surface area contributed by atoms with E-state index in [2.05, 4.69) is 21.2 Å². The highest BCUT2D eigenvalue weighted by Crippen LogP contribution is 2.32. The molecule has 2 nitrogen and oxygen atoms in total. The van der Waals surface area contributed by atoms with E-state index in [1.807, 2.05) is 0 Å². The van der Waals surface area contributed by atoms with Gasteiger partial charge in [-0.05, 0) is 46.3 Å². The number of thioether (sulfide) groups is 1. The molecule has 0 aliphatic carbocycles. The van der Waals surface area contributed by atoms with Crippen LogP contribution in [0.5, 0.6) is 0 Å². The molecule has 1 amide bonds. The van der Waals surface area contributed by atoms with Gasteiger partial charge >= 0.3 is 0 Å². The lowest BCUT2D eigenvalue weighted by atomic mass is 10.2. The summed E-state index contributed by atoms with van der Waals surface area (Å²) in [6, 6.07) is 9.89. The maximum absolute atomic E-state index is 13.2. The molecule has 21 heavy (non-hydrogen) atoms. The Morgan fingerprint density at radius 2 is 1.90 bits per heavy atom. The molecule has 0 radical (unpaired) electrons. The van der Waals surface area contributed by atoms with Gasteiger partial charge in [-0.3, -0.25) is 4.79 Å². The van der Waals surface area contributed by atoms with Gasteiger partial charge in [0.1, 0.15) is 5.82 Å². The number of anilines is 1. The van der Waals surface area contributed by atoms with Crippen molar-refractivity contribution in [1.82, 2.24) is 0 Å². The Balaban J connectivity index is 2.25. The second-order valence-electron chi connectivity index (χ2n) is 3.95. The molecule has 0 unspecified atom stereocenters. The van der Waals surface area contributed by atoms with Gasteiger partial charge in [-0.15, -0.1) is 0 Å². The first-order valence-electron chi connectivity index (χ1n) is 5.77. The first-order valence-corrected chi connectivity index (χ1v) is 7.45. The number of nitrogens with one attached hydrogen (secondary N) is 1. The van der Waals surface area contributed by atoms with E-state index in [-0.39, 0.29) is 16.1 Å². The SMILES string of the molecule is O=C(Nc1ccccc1SC(F)F)c1cc(F)ccc1Br. The van der Waals surface area contributed by atoms with Gasteiger partial charge in [0.2, 0.25) is 0 Å². The van der Waals surface area contributed by atoms with Crippen molar-refractivity contribution in [2.24, 2.45) is 0 Å². The monoisotopic (exact) mass is 375 g/mol. The van der Waals surface area contributed by atoms with Crippen molar-refractivity contribution in [1.29, 1.82) is 0 Å². The van der Waals surface area contributed by atoms with Crippen LogP contribution in [0.4, 0.5) is 18.9 Å². The molecule has 110 valence electrons. The Kier molecular flexibility index (Phi) is 5.30. The van der Waals surface area contributed by atoms with Crippen LogP contribution in [0.2, 0.25) is 0 Å². The van der Waals surface area contributed by atoms with Crippen molar-refractivity contribution < 1.29 is 18.0 Å². The summed E-state index contributed by atoms with van der Waals surface area (Å²) in [6.07, 6.45) is 0. The van der Waals surface area contributed by atoms with Crippen LogP contribution in [0.25, 0.3) is 0 Å². The van der Waals surface area contributed by atoms with Crippen molar-refractivity contribution in [2.45, 2.75) is 10.7 Å². The Hall–Kier alpha value is -1.47. The summed E-state index contributed by atoms with van der Waals surface area (Å²) in [5, 5.41) is 2.51. The average molecular weight is 376 g/mol. The lowest BCUT2D eigenvalue weighted by molar-refractivity contribution is 0.102. The Morgan fingerprint density at radius 1 is 1.19 bits per heavy atom. The number of carbonyl (C=O) groups excluding carboxylic acids is 1. The van der Waals surface area contributed by atoms with E-state index in [1.165, 1.54) is 24.3 Å². The van der Waals surface area contributed by atoms with Crippen LogP contribution in [0.3, 0.4) is 0 Å². The summed E-state index contributed by atoms with van der Waals surface area (Å²) in [6.45, 7) is 0. The molecular weight excluding hydrogens is 367 g/mol. The van der Waals surface area contributed by atoms with Gasteiger partial charge in [-0.25, -0.2) is 4.39 Å². The molecule has 2 rings (SSSR count). The predicted molar refractivity (Wildman–Crippen MR) is 80.4 cm³/mol. The van der Waals surface area contributed by atoms with Crippen LogP contribution in [0.1, 0.15) is 10.4 Å². The highest BCUT2D eigenvalue weighted by molar-refractivity contribution is 9.10. The number of benzene rings is 2. The van der Waals surface area contributed by atoms with Crippen molar-refractivity contribution in [3.63, 3.8) is 0 Å². The van der Waals surface area contributed by atoms with Crippen LogP contribution in [0, 0.1) is 5.82 Å². The molecule has 0 saturated heterocycles. The molecule has 2 aromatic carbocycles. The van der Waals surface area contributed by atoms with E-state index in [1.54, 1.807) is 12.1 Å². The van der Waals surface area contributed by atoms with Crippen molar-refractivity contribution in [3.8, 4) is 0 Å². The quantitative estimate of drug-likeness (QED) is 0.748. The highest BCUT2D eigenvalue weighted by atomic mass is 79.9. The topological polar surface area (TPSA) is 29.1 Å². The van der Waals surface area contributed by atoms with Crippen LogP contribution < -0.4 is 5.32 Å². The molecule has 0 bridgehead atoms. The van der Waals surface area contributed by atoms with E-state index in [0.29, 0.717) is 16.2 Å². The number of carbonyl (C=O) groups is 1. The molecule has 0 saturated carbocycles. The van der Waals surface area contributed by atoms with Gasteiger partial charge in [0, 0.05) is 9.37 Å². The Labute approximate surface area is 131 Å². The number of amides is 1. The van der Waals surface area contributed by atoms with E-state index < -0.39 is 17.5 Å². The minimum atomic E-state index is -2.59. The zero-order valence-corrected chi connectivity index (χ0v) is 12.8. The zero-order chi connectivity index (χ0) is 15.4. The van der Waals surface area contributed by atoms with E-state index >= 15 is 0 Å². The van der Waals surface area contributed by atoms with E-state index in [0.717, 1.165) is 6.07 Å². The standard InChI is InChI=1S/C14H9BrF3NOS/c15-10-6-5-8(16)7-9(10)13(20)19-11-3-1-2-4-12(11)21-14(17)18/h1-7,14H,(H,19,20). The minimum Gasteiger partial charge on any atom is -0.321 e. The second kappa shape index (κ2) is 7.00. The van der Waals surface area contributed by atoms with Gasteiger partial charge in [0.15, 0.2) is 0 Å². The molecule has 0 heterocycles. The van der Waals surface area contributed by atoms with Gasteiger partial charge in [0.05, 0.1) is 11.3 Å². The molecule has 0 aliphatic rings. The van der Waals surface area contributed by atoms with Crippen molar-refractivity contribution in [3.05, 3.63) is 58.3 Å². The van der Waals surface area contributed by atoms with Gasteiger partial charge in [-0.2, -0.15) is 8.78 Å². The fourth-order valence-electron chi connectivity index (χ4n) is 1.63. The summed E-state index contributed by atoms with van der Waals surface area (Å²) < 4.78 is 38.6. The smallest absolute Gasteiger partial charge is 0.288 e. The van der Waals surface area contributed by atoms with Crippen LogP contribution in [-0.4, -0.2) is 11.7 Å². The normalized spacial score (nSPS) is 10.7. The number of rotatable bonds is 4. The summed E-state index contributed by atoms with van der Waals surface area (Å²) in [5.74, 6) is -3.73. The lowest BCUT2D eigenvalue weighted by Gasteiger charge is -2.11. The molecule has 0 fully saturated rings. The summed E-state index contributed by atoms with van der Waals surface area (Å²) in [5.41, 5.74) is 0.343. The van der Waals surface area contributed by atoms with Crippen molar-refractivity contribution >= 4 is 39.3 Å². The number of alkyl halides is 2. The number of halogens is 4. The highest BCUT2D eigenvalue weighted by Gasteiger charge is 2.15. The van der Waals surface area contributed by atoms with Gasteiger partial charge < -0.3 is 5.32 Å². The summed E-state index contributed by atoms with van der Waals surface area (Å²) in [4.78, 5) is 12.4. The number of para-hydroxylation sites is 1. The largest absolute Gasteiger partial charge is 0.321 e. The molecular formula is C14H9BrF3NOS. The number of hydrogen-bond donors (Lipinski definition) is 1. The second-order valence-corrected chi connectivity index (χ2v) is 5.84. The van der Waals surface area contributed by atoms with Crippen molar-refractivity contribution in [2.75, 3.05) is 5.32 Å². The summed E-state index contributed by atoms with van der Waals surface area (Å²) in [7, 11) is 0. The Morgan fingerprint density at radius 3 is 2.62 bits per heavy atom. The molecule has 0 spiro atoms. The van der Waals surface area contributed by atoms with E-state index in [9.17, 15) is 18.0 Å². The summed E-state index contributed by atoms with van der Waals surface area (Å²) >= 11 is 3.49. The first-order chi connectivity index (χ1) is 9.97. The fraction of sp³-hybridized carbons (Fsp3) is 0.0714. The average Bonchev–Trinajstić information content (AvgIpc) is 2.43. The minimum absolute atomic E-state index is 0.0897. The fourth-order valence-corrected chi connectivity index (χ4v) is 2.65. The third kappa shape index (κ3) is 4.25. The van der Waals surface area contributed by atoms with Crippen LogP contribution >= 0.6 is 27.7 Å². The molecule has 0 aliphatic heterocycles. The Bertz CT molecular complexity index is 666. The molecule has 2 aromatic rings. The van der Waals surface area contributed by atoms with Crippen LogP contribution in [0.15, 0.2) is 51.8 Å². The zero-order valence-electron chi connectivity index (χ0n) is 10.4. The maximum Gasteiger partial charge on any atom is 0.288 e. The third-order valence-corrected chi connectivity index (χ3v) is 4.00. The maximum atomic E-state index is 13.2. The molecule has 7 heteroatoms. The molecule has 0 atom stereocenters. The first kappa shape index (κ1) is 15.9. The third-order valence-electron chi connectivity index (χ3n) is 2.52.